The molecule has 0 bridgehead atoms. The number of hydrogen-bond donors (Lipinski definition) is 3. The van der Waals surface area contributed by atoms with E-state index in [9.17, 15) is 27.6 Å². The zero-order valence-corrected chi connectivity index (χ0v) is 17.6. The highest BCUT2D eigenvalue weighted by atomic mass is 19.2. The van der Waals surface area contributed by atoms with Crippen LogP contribution in [0.5, 0.6) is 0 Å². The number of nitrogens with one attached hydrogen (secondary N) is 1. The van der Waals surface area contributed by atoms with E-state index in [0.717, 1.165) is 6.07 Å². The molecule has 4 N–H and O–H groups in total. The van der Waals surface area contributed by atoms with Crippen molar-refractivity contribution in [3.63, 3.8) is 0 Å². The molecule has 176 valence electrons. The number of hydrazine groups is 1. The maximum absolute atomic E-state index is 13.8. The minimum Gasteiger partial charge on any atom is -0.478 e. The number of carbonyl (C=O) groups is 3. The van der Waals surface area contributed by atoms with Crippen molar-refractivity contribution in [1.82, 2.24) is 15.3 Å². The average Bonchev–Trinajstić information content (AvgIpc) is 3.03. The van der Waals surface area contributed by atoms with Crippen LogP contribution in [0.2, 0.25) is 0 Å². The number of carbonyl (C=O) groups excluding carboxylic acids is 2. The second-order valence-corrected chi connectivity index (χ2v) is 7.65. The molecule has 0 spiro atoms. The number of hydrogen-bond acceptors (Lipinski definition) is 5. The summed E-state index contributed by atoms with van der Waals surface area (Å²) in [5.74, 6) is -5.20. The monoisotopic (exact) mass is 464 g/mol. The van der Waals surface area contributed by atoms with E-state index in [1.54, 1.807) is 0 Å². The van der Waals surface area contributed by atoms with Crippen molar-refractivity contribution in [2.24, 2.45) is 5.73 Å². The van der Waals surface area contributed by atoms with Gasteiger partial charge in [-0.2, -0.15) is 0 Å². The van der Waals surface area contributed by atoms with Gasteiger partial charge in [0.15, 0.2) is 11.6 Å². The van der Waals surface area contributed by atoms with Crippen LogP contribution >= 0.6 is 0 Å². The van der Waals surface area contributed by atoms with Crippen LogP contribution < -0.4 is 11.2 Å². The van der Waals surface area contributed by atoms with Crippen LogP contribution in [0.3, 0.4) is 0 Å². The molecular formula is C22H23F3N4O4. The standard InChI is InChI=1S/C22H23F3N4O4/c23-17-12-19(25)18(24)10-15(17)9-16(26)11-20(30)29-8-7-28(6-5-27-29)21(31)13-1-3-14(4-2-13)22(32)33/h1-4,10,12,16,27H,5-9,11,26H2,(H,32,33)/t16-/m1/s1. The molecule has 3 rings (SSSR count). The summed E-state index contributed by atoms with van der Waals surface area (Å²) >= 11 is 0. The Bertz CT molecular complexity index is 1050. The van der Waals surface area contributed by atoms with Crippen LogP contribution in [0.4, 0.5) is 13.2 Å². The molecule has 2 aromatic rings. The van der Waals surface area contributed by atoms with Crippen molar-refractivity contribution in [2.75, 3.05) is 26.2 Å². The lowest BCUT2D eigenvalue weighted by Crippen LogP contribution is -2.46. The van der Waals surface area contributed by atoms with Crippen LogP contribution in [0.25, 0.3) is 0 Å². The van der Waals surface area contributed by atoms with Crippen molar-refractivity contribution < 1.29 is 32.7 Å². The summed E-state index contributed by atoms with van der Waals surface area (Å²) in [6.07, 6.45) is -0.324. The van der Waals surface area contributed by atoms with Gasteiger partial charge in [0.2, 0.25) is 5.91 Å². The highest BCUT2D eigenvalue weighted by molar-refractivity contribution is 5.96. The van der Waals surface area contributed by atoms with Crippen molar-refractivity contribution >= 4 is 17.8 Å². The fourth-order valence-corrected chi connectivity index (χ4v) is 3.49. The molecule has 1 atom stereocenters. The van der Waals surface area contributed by atoms with Gasteiger partial charge >= 0.3 is 5.97 Å². The molecule has 11 heteroatoms. The molecule has 2 aromatic carbocycles. The second kappa shape index (κ2) is 10.5. The molecule has 8 nitrogen and oxygen atoms in total. The molecule has 0 aromatic heterocycles. The first kappa shape index (κ1) is 24.2. The molecule has 0 saturated carbocycles. The predicted octanol–water partition coefficient (Wildman–Crippen LogP) is 1.55. The Morgan fingerprint density at radius 2 is 1.61 bits per heavy atom. The molecule has 1 aliphatic rings. The van der Waals surface area contributed by atoms with Gasteiger partial charge in [0.05, 0.1) is 12.1 Å². The van der Waals surface area contributed by atoms with E-state index < -0.39 is 29.5 Å². The average molecular weight is 464 g/mol. The molecule has 0 radical (unpaired) electrons. The number of nitrogens with zero attached hydrogens (tertiary/aromatic N) is 2. The third kappa shape index (κ3) is 6.08. The molecule has 33 heavy (non-hydrogen) atoms. The number of rotatable bonds is 6. The Morgan fingerprint density at radius 3 is 2.27 bits per heavy atom. The van der Waals surface area contributed by atoms with Crippen LogP contribution in [0.15, 0.2) is 36.4 Å². The lowest BCUT2D eigenvalue weighted by molar-refractivity contribution is -0.134. The highest BCUT2D eigenvalue weighted by Gasteiger charge is 2.24. The lowest BCUT2D eigenvalue weighted by atomic mass is 10.0. The summed E-state index contributed by atoms with van der Waals surface area (Å²) in [4.78, 5) is 37.8. The molecule has 1 saturated heterocycles. The van der Waals surface area contributed by atoms with Crippen molar-refractivity contribution in [3.05, 3.63) is 70.5 Å². The van der Waals surface area contributed by atoms with Gasteiger partial charge in [0.25, 0.3) is 5.91 Å². The Kier molecular flexibility index (Phi) is 7.67. The number of carboxylic acid groups (broad SMARTS) is 1. The van der Waals surface area contributed by atoms with Crippen LogP contribution in [0.1, 0.15) is 32.7 Å². The number of amides is 2. The zero-order valence-electron chi connectivity index (χ0n) is 17.6. The molecule has 0 aliphatic carbocycles. The van der Waals surface area contributed by atoms with E-state index in [0.29, 0.717) is 18.2 Å². The smallest absolute Gasteiger partial charge is 0.335 e. The number of benzene rings is 2. The summed E-state index contributed by atoms with van der Waals surface area (Å²) in [7, 11) is 0. The van der Waals surface area contributed by atoms with Crippen LogP contribution in [0, 0.1) is 17.5 Å². The van der Waals surface area contributed by atoms with Gasteiger partial charge < -0.3 is 15.7 Å². The maximum atomic E-state index is 13.8. The van der Waals surface area contributed by atoms with E-state index in [-0.39, 0.29) is 55.4 Å². The van der Waals surface area contributed by atoms with Crippen LogP contribution in [-0.4, -0.2) is 65.0 Å². The van der Waals surface area contributed by atoms with Gasteiger partial charge in [-0.05, 0) is 42.3 Å². The Morgan fingerprint density at radius 1 is 0.970 bits per heavy atom. The molecule has 1 aliphatic heterocycles. The van der Waals surface area contributed by atoms with Crippen molar-refractivity contribution in [3.8, 4) is 0 Å². The highest BCUT2D eigenvalue weighted by Crippen LogP contribution is 2.16. The number of carboxylic acids is 1. The summed E-state index contributed by atoms with van der Waals surface area (Å²) in [5.41, 5.74) is 9.12. The van der Waals surface area contributed by atoms with Crippen molar-refractivity contribution in [1.29, 1.82) is 0 Å². The van der Waals surface area contributed by atoms with E-state index in [2.05, 4.69) is 5.43 Å². The Labute approximate surface area is 187 Å². The van der Waals surface area contributed by atoms with E-state index in [1.165, 1.54) is 34.2 Å². The largest absolute Gasteiger partial charge is 0.478 e. The molecule has 1 fully saturated rings. The topological polar surface area (TPSA) is 116 Å². The summed E-state index contributed by atoms with van der Waals surface area (Å²) in [6.45, 7) is 1.00. The van der Waals surface area contributed by atoms with Gasteiger partial charge in [0, 0.05) is 43.7 Å². The van der Waals surface area contributed by atoms with Gasteiger partial charge in [-0.3, -0.25) is 14.6 Å². The predicted molar refractivity (Wildman–Crippen MR) is 112 cm³/mol. The quantitative estimate of drug-likeness (QED) is 0.559. The SMILES string of the molecule is N[C@@H](CC(=O)N1CCN(C(=O)c2ccc(C(=O)O)cc2)CCN1)Cc1cc(F)c(F)cc1F. The van der Waals surface area contributed by atoms with E-state index >= 15 is 0 Å². The minimum atomic E-state index is -1.30. The third-order valence-corrected chi connectivity index (χ3v) is 5.25. The molecule has 1 heterocycles. The number of nitrogens with two attached hydrogens (primary N) is 1. The van der Waals surface area contributed by atoms with Gasteiger partial charge in [-0.1, -0.05) is 0 Å². The number of aromatic carboxylic acids is 1. The lowest BCUT2D eigenvalue weighted by Gasteiger charge is -2.23. The van der Waals surface area contributed by atoms with Gasteiger partial charge in [0.1, 0.15) is 5.82 Å². The first-order valence-electron chi connectivity index (χ1n) is 10.2. The van der Waals surface area contributed by atoms with Gasteiger partial charge in [-0.15, -0.1) is 0 Å². The molecular weight excluding hydrogens is 441 g/mol. The summed E-state index contributed by atoms with van der Waals surface area (Å²) < 4.78 is 40.3. The summed E-state index contributed by atoms with van der Waals surface area (Å²) in [6, 6.07) is 5.90. The Balaban J connectivity index is 1.55. The van der Waals surface area contributed by atoms with Crippen LogP contribution in [-0.2, 0) is 11.2 Å². The molecule has 2 amide bonds. The first-order valence-corrected chi connectivity index (χ1v) is 10.2. The number of halogens is 3. The van der Waals surface area contributed by atoms with E-state index in [4.69, 9.17) is 10.8 Å². The minimum absolute atomic E-state index is 0.0699. The Hall–Kier alpha value is -3.44. The molecule has 0 unspecified atom stereocenters. The zero-order chi connectivity index (χ0) is 24.1. The van der Waals surface area contributed by atoms with Crippen molar-refractivity contribution in [2.45, 2.75) is 18.9 Å². The third-order valence-electron chi connectivity index (χ3n) is 5.25. The first-order chi connectivity index (χ1) is 15.7. The summed E-state index contributed by atoms with van der Waals surface area (Å²) in [5, 5.41) is 10.3. The van der Waals surface area contributed by atoms with E-state index in [1.807, 2.05) is 0 Å². The fraction of sp³-hybridized carbons (Fsp3) is 0.318. The van der Waals surface area contributed by atoms with Gasteiger partial charge in [-0.25, -0.2) is 23.4 Å². The normalized spacial score (nSPS) is 15.2. The second-order valence-electron chi connectivity index (χ2n) is 7.65. The fourth-order valence-electron chi connectivity index (χ4n) is 3.49. The maximum Gasteiger partial charge on any atom is 0.335 e.